The van der Waals surface area contributed by atoms with Crippen molar-refractivity contribution in [1.29, 1.82) is 0 Å². The van der Waals surface area contributed by atoms with Crippen molar-refractivity contribution in [2.45, 2.75) is 59.0 Å². The molecular weight excluding hydrogens is 260 g/mol. The summed E-state index contributed by atoms with van der Waals surface area (Å²) < 4.78 is 0. The highest BCUT2D eigenvalue weighted by atomic mass is 16.3. The van der Waals surface area contributed by atoms with E-state index in [1.807, 2.05) is 13.8 Å². The van der Waals surface area contributed by atoms with Gasteiger partial charge in [0.15, 0.2) is 0 Å². The number of rotatable bonds is 7. The molecule has 1 atom stereocenters. The molecule has 21 heavy (non-hydrogen) atoms. The van der Waals surface area contributed by atoms with E-state index >= 15 is 0 Å². The lowest BCUT2D eigenvalue weighted by atomic mass is 10.0. The average molecular weight is 290 g/mol. The van der Waals surface area contributed by atoms with E-state index in [4.69, 9.17) is 0 Å². The Hall–Kier alpha value is -1.06. The van der Waals surface area contributed by atoms with Gasteiger partial charge in [-0.2, -0.15) is 0 Å². The summed E-state index contributed by atoms with van der Waals surface area (Å²) in [7, 11) is 0. The molecule has 0 saturated carbocycles. The zero-order chi connectivity index (χ0) is 15.2. The van der Waals surface area contributed by atoms with E-state index in [-0.39, 0.29) is 0 Å². The van der Waals surface area contributed by atoms with Crippen molar-refractivity contribution in [3.8, 4) is 5.75 Å². The molecule has 3 nitrogen and oxygen atoms in total. The molecule has 1 heterocycles. The monoisotopic (exact) mass is 290 g/mol. The van der Waals surface area contributed by atoms with Crippen LogP contribution in [0.3, 0.4) is 0 Å². The number of aromatic hydroxyl groups is 1. The van der Waals surface area contributed by atoms with Gasteiger partial charge in [0.2, 0.25) is 0 Å². The standard InChI is InChI=1S/C18H30N2O/c1-4-5-9-20(13-17-7-6-8-19-17)12-16-10-14(2)18(21)15(3)11-16/h10-11,17,19,21H,4-9,12-13H2,1-3H3. The molecule has 0 amide bonds. The van der Waals surface area contributed by atoms with Crippen molar-refractivity contribution in [3.05, 3.63) is 28.8 Å². The maximum absolute atomic E-state index is 9.91. The Balaban J connectivity index is 2.02. The van der Waals surface area contributed by atoms with Crippen LogP contribution >= 0.6 is 0 Å². The Morgan fingerprint density at radius 1 is 1.29 bits per heavy atom. The van der Waals surface area contributed by atoms with Crippen LogP contribution in [0, 0.1) is 13.8 Å². The second kappa shape index (κ2) is 7.81. The Morgan fingerprint density at radius 2 is 2.00 bits per heavy atom. The third kappa shape index (κ3) is 4.72. The number of nitrogens with one attached hydrogen (secondary N) is 1. The van der Waals surface area contributed by atoms with Crippen molar-refractivity contribution in [1.82, 2.24) is 10.2 Å². The SMILES string of the molecule is CCCCN(Cc1cc(C)c(O)c(C)c1)CC1CCCN1. The first kappa shape index (κ1) is 16.3. The molecule has 1 aromatic rings. The predicted molar refractivity (Wildman–Crippen MR) is 88.8 cm³/mol. The lowest BCUT2D eigenvalue weighted by molar-refractivity contribution is 0.237. The molecule has 1 unspecified atom stereocenters. The van der Waals surface area contributed by atoms with Crippen LogP contribution in [0.25, 0.3) is 0 Å². The van der Waals surface area contributed by atoms with Gasteiger partial charge in [-0.05, 0) is 62.9 Å². The quantitative estimate of drug-likeness (QED) is 0.808. The summed E-state index contributed by atoms with van der Waals surface area (Å²) in [6, 6.07) is 4.91. The van der Waals surface area contributed by atoms with Crippen molar-refractivity contribution >= 4 is 0 Å². The van der Waals surface area contributed by atoms with E-state index in [1.165, 1.54) is 37.8 Å². The molecule has 0 spiro atoms. The first-order valence-electron chi connectivity index (χ1n) is 8.35. The molecule has 0 aromatic heterocycles. The Kier molecular flexibility index (Phi) is 6.07. The van der Waals surface area contributed by atoms with Gasteiger partial charge < -0.3 is 10.4 Å². The first-order chi connectivity index (χ1) is 10.1. The molecule has 2 N–H and O–H groups in total. The van der Waals surface area contributed by atoms with Crippen molar-refractivity contribution in [3.63, 3.8) is 0 Å². The van der Waals surface area contributed by atoms with Gasteiger partial charge in [0.25, 0.3) is 0 Å². The maximum Gasteiger partial charge on any atom is 0.121 e. The maximum atomic E-state index is 9.91. The minimum Gasteiger partial charge on any atom is -0.507 e. The van der Waals surface area contributed by atoms with Gasteiger partial charge in [0.1, 0.15) is 5.75 Å². The molecule has 1 aliphatic heterocycles. The molecule has 1 fully saturated rings. The van der Waals surface area contributed by atoms with Gasteiger partial charge in [-0.15, -0.1) is 0 Å². The van der Waals surface area contributed by atoms with Gasteiger partial charge in [-0.25, -0.2) is 0 Å². The van der Waals surface area contributed by atoms with Gasteiger partial charge in [-0.1, -0.05) is 25.5 Å². The van der Waals surface area contributed by atoms with E-state index in [0.29, 0.717) is 11.8 Å². The molecule has 1 aromatic carbocycles. The fourth-order valence-corrected chi connectivity index (χ4v) is 3.24. The summed E-state index contributed by atoms with van der Waals surface area (Å²) in [6.07, 6.45) is 5.10. The van der Waals surface area contributed by atoms with E-state index in [1.54, 1.807) is 0 Å². The zero-order valence-electron chi connectivity index (χ0n) is 13.8. The van der Waals surface area contributed by atoms with Crippen LogP contribution < -0.4 is 5.32 Å². The van der Waals surface area contributed by atoms with Crippen LogP contribution in [0.15, 0.2) is 12.1 Å². The number of phenols is 1. The van der Waals surface area contributed by atoms with E-state index < -0.39 is 0 Å². The second-order valence-electron chi connectivity index (χ2n) is 6.46. The van der Waals surface area contributed by atoms with E-state index in [9.17, 15) is 5.11 Å². The lowest BCUT2D eigenvalue weighted by Gasteiger charge is -2.26. The molecule has 2 rings (SSSR count). The minimum atomic E-state index is 0.441. The fourth-order valence-electron chi connectivity index (χ4n) is 3.24. The highest BCUT2D eigenvalue weighted by Gasteiger charge is 2.18. The Morgan fingerprint density at radius 3 is 2.57 bits per heavy atom. The number of unbranched alkanes of at least 4 members (excludes halogenated alkanes) is 1. The van der Waals surface area contributed by atoms with Crippen LogP contribution in [0.1, 0.15) is 49.3 Å². The van der Waals surface area contributed by atoms with Crippen LogP contribution in [0.2, 0.25) is 0 Å². The summed E-state index contributed by atoms with van der Waals surface area (Å²) in [5.74, 6) is 0.441. The van der Waals surface area contributed by atoms with Crippen molar-refractivity contribution in [2.24, 2.45) is 0 Å². The highest BCUT2D eigenvalue weighted by Crippen LogP contribution is 2.24. The number of benzene rings is 1. The molecular formula is C18H30N2O. The second-order valence-corrected chi connectivity index (χ2v) is 6.46. The van der Waals surface area contributed by atoms with E-state index in [0.717, 1.165) is 30.8 Å². The summed E-state index contributed by atoms with van der Waals surface area (Å²) in [4.78, 5) is 2.57. The zero-order valence-corrected chi connectivity index (χ0v) is 13.8. The van der Waals surface area contributed by atoms with Crippen molar-refractivity contribution < 1.29 is 5.11 Å². The number of aryl methyl sites for hydroxylation is 2. The lowest BCUT2D eigenvalue weighted by Crippen LogP contribution is -2.37. The first-order valence-corrected chi connectivity index (χ1v) is 8.35. The number of nitrogens with zero attached hydrogens (tertiary/aromatic N) is 1. The summed E-state index contributed by atoms with van der Waals surface area (Å²) >= 11 is 0. The summed E-state index contributed by atoms with van der Waals surface area (Å²) in [5.41, 5.74) is 3.29. The predicted octanol–water partition coefficient (Wildman–Crippen LogP) is 3.36. The average Bonchev–Trinajstić information content (AvgIpc) is 2.95. The number of phenolic OH excluding ortho intramolecular Hbond substituents is 1. The smallest absolute Gasteiger partial charge is 0.121 e. The molecule has 1 saturated heterocycles. The molecule has 3 heteroatoms. The third-order valence-corrected chi connectivity index (χ3v) is 4.43. The summed E-state index contributed by atoms with van der Waals surface area (Å²) in [6.45, 7) is 10.7. The molecule has 1 aliphatic rings. The normalized spacial score (nSPS) is 18.6. The number of hydrogen-bond donors (Lipinski definition) is 2. The van der Waals surface area contributed by atoms with Crippen LogP contribution in [0.4, 0.5) is 0 Å². The molecule has 118 valence electrons. The van der Waals surface area contributed by atoms with Crippen LogP contribution in [0.5, 0.6) is 5.75 Å². The fraction of sp³-hybridized carbons (Fsp3) is 0.667. The molecule has 0 radical (unpaired) electrons. The minimum absolute atomic E-state index is 0.441. The van der Waals surface area contributed by atoms with Crippen LogP contribution in [-0.2, 0) is 6.54 Å². The Bertz CT molecular complexity index is 430. The third-order valence-electron chi connectivity index (χ3n) is 4.43. The van der Waals surface area contributed by atoms with Crippen molar-refractivity contribution in [2.75, 3.05) is 19.6 Å². The van der Waals surface area contributed by atoms with Gasteiger partial charge in [0, 0.05) is 19.1 Å². The van der Waals surface area contributed by atoms with Crippen LogP contribution in [-0.4, -0.2) is 35.7 Å². The molecule has 0 aliphatic carbocycles. The largest absolute Gasteiger partial charge is 0.507 e. The summed E-state index contributed by atoms with van der Waals surface area (Å²) in [5, 5.41) is 13.5. The van der Waals surface area contributed by atoms with Gasteiger partial charge >= 0.3 is 0 Å². The van der Waals surface area contributed by atoms with Gasteiger partial charge in [-0.3, -0.25) is 4.90 Å². The van der Waals surface area contributed by atoms with Gasteiger partial charge in [0.05, 0.1) is 0 Å². The topological polar surface area (TPSA) is 35.5 Å². The van der Waals surface area contributed by atoms with E-state index in [2.05, 4.69) is 29.3 Å². The molecule has 0 bridgehead atoms. The number of hydrogen-bond acceptors (Lipinski definition) is 3. The highest BCUT2D eigenvalue weighted by molar-refractivity contribution is 5.42. The Labute approximate surface area is 129 Å².